The molecule has 2 heterocycles. The maximum absolute atomic E-state index is 13.2. The molecule has 160 valence electrons. The first kappa shape index (κ1) is 22.6. The van der Waals surface area contributed by atoms with E-state index in [9.17, 15) is 9.59 Å². The Labute approximate surface area is 172 Å². The number of nitrogens with zero attached hydrogens (tertiary/aromatic N) is 4. The summed E-state index contributed by atoms with van der Waals surface area (Å²) in [6.45, 7) is 10.6. The summed E-state index contributed by atoms with van der Waals surface area (Å²) in [4.78, 5) is 35.2. The van der Waals surface area contributed by atoms with E-state index in [0.717, 1.165) is 13.0 Å². The van der Waals surface area contributed by atoms with Gasteiger partial charge >= 0.3 is 11.9 Å². The number of esters is 2. The standard InChI is InChI=1S/C21H32N4O4/c1-6-11-24-12-9-22-17(24)14-21(19(26)28-7-2,20(27)29-8-3)15-18-23-10-13-25(18)16(4)5/h9-10,12-13,16H,6-8,11,14-15H2,1-5H3. The highest BCUT2D eigenvalue weighted by Gasteiger charge is 2.51. The van der Waals surface area contributed by atoms with Gasteiger partial charge in [-0.1, -0.05) is 6.92 Å². The van der Waals surface area contributed by atoms with Crippen molar-refractivity contribution in [2.45, 2.75) is 66.5 Å². The van der Waals surface area contributed by atoms with Crippen LogP contribution in [0.5, 0.6) is 0 Å². The molecule has 0 saturated carbocycles. The van der Waals surface area contributed by atoms with Gasteiger partial charge in [-0.15, -0.1) is 0 Å². The van der Waals surface area contributed by atoms with Gasteiger partial charge < -0.3 is 18.6 Å². The summed E-state index contributed by atoms with van der Waals surface area (Å²) in [5, 5.41) is 0. The number of imidazole rings is 2. The number of hydrogen-bond donors (Lipinski definition) is 0. The molecule has 0 atom stereocenters. The monoisotopic (exact) mass is 404 g/mol. The van der Waals surface area contributed by atoms with Crippen molar-refractivity contribution in [2.24, 2.45) is 5.41 Å². The van der Waals surface area contributed by atoms with E-state index >= 15 is 0 Å². The Morgan fingerprint density at radius 1 is 0.966 bits per heavy atom. The third-order valence-electron chi connectivity index (χ3n) is 4.82. The minimum Gasteiger partial charge on any atom is -0.465 e. The lowest BCUT2D eigenvalue weighted by molar-refractivity contribution is -0.172. The number of carbonyl (C=O) groups is 2. The SMILES string of the molecule is CCCn1ccnc1CC(Cc1nccn1C(C)C)(C(=O)OCC)C(=O)OCC. The molecule has 8 nitrogen and oxygen atoms in total. The van der Waals surface area contributed by atoms with Crippen LogP contribution >= 0.6 is 0 Å². The number of ether oxygens (including phenoxy) is 2. The largest absolute Gasteiger partial charge is 0.465 e. The lowest BCUT2D eigenvalue weighted by Crippen LogP contribution is -2.47. The van der Waals surface area contributed by atoms with E-state index in [2.05, 4.69) is 16.9 Å². The number of aromatic nitrogens is 4. The molecule has 2 aromatic heterocycles. The van der Waals surface area contributed by atoms with Crippen molar-refractivity contribution in [3.8, 4) is 0 Å². The maximum atomic E-state index is 13.2. The van der Waals surface area contributed by atoms with Crippen LogP contribution in [0.1, 0.15) is 58.7 Å². The topological polar surface area (TPSA) is 88.2 Å². The molecule has 0 saturated heterocycles. The van der Waals surface area contributed by atoms with Crippen molar-refractivity contribution in [3.63, 3.8) is 0 Å². The van der Waals surface area contributed by atoms with E-state index in [1.54, 1.807) is 26.2 Å². The Bertz CT molecular complexity index is 791. The lowest BCUT2D eigenvalue weighted by atomic mass is 9.80. The normalized spacial score (nSPS) is 11.7. The fourth-order valence-electron chi connectivity index (χ4n) is 3.42. The molecule has 0 N–H and O–H groups in total. The van der Waals surface area contributed by atoms with E-state index in [0.29, 0.717) is 11.6 Å². The highest BCUT2D eigenvalue weighted by atomic mass is 16.6. The van der Waals surface area contributed by atoms with Crippen LogP contribution in [-0.4, -0.2) is 44.3 Å². The fourth-order valence-corrected chi connectivity index (χ4v) is 3.42. The van der Waals surface area contributed by atoms with Crippen molar-refractivity contribution in [2.75, 3.05) is 13.2 Å². The van der Waals surface area contributed by atoms with Crippen LogP contribution < -0.4 is 0 Å². The third kappa shape index (κ3) is 5.05. The number of hydrogen-bond acceptors (Lipinski definition) is 6. The van der Waals surface area contributed by atoms with Gasteiger partial charge in [0.2, 0.25) is 0 Å². The first-order valence-electron chi connectivity index (χ1n) is 10.3. The van der Waals surface area contributed by atoms with Gasteiger partial charge in [0, 0.05) is 50.2 Å². The van der Waals surface area contributed by atoms with Gasteiger partial charge in [0.25, 0.3) is 0 Å². The molecule has 2 aromatic rings. The summed E-state index contributed by atoms with van der Waals surface area (Å²) >= 11 is 0. The minimum absolute atomic E-state index is 0.0782. The van der Waals surface area contributed by atoms with Crippen molar-refractivity contribution in [1.29, 1.82) is 0 Å². The van der Waals surface area contributed by atoms with Gasteiger partial charge in [-0.3, -0.25) is 9.59 Å². The second-order valence-electron chi connectivity index (χ2n) is 7.26. The Morgan fingerprint density at radius 3 is 2.07 bits per heavy atom. The molecular weight excluding hydrogens is 372 g/mol. The quantitative estimate of drug-likeness (QED) is 0.423. The Balaban J connectivity index is 2.55. The van der Waals surface area contributed by atoms with Gasteiger partial charge in [0.05, 0.1) is 13.2 Å². The van der Waals surface area contributed by atoms with E-state index in [1.807, 2.05) is 35.4 Å². The smallest absolute Gasteiger partial charge is 0.324 e. The average molecular weight is 405 g/mol. The third-order valence-corrected chi connectivity index (χ3v) is 4.82. The number of rotatable bonds is 11. The zero-order valence-electron chi connectivity index (χ0n) is 18.1. The Morgan fingerprint density at radius 2 is 1.52 bits per heavy atom. The summed E-state index contributed by atoms with van der Waals surface area (Å²) in [7, 11) is 0. The van der Waals surface area contributed by atoms with Crippen molar-refractivity contribution >= 4 is 11.9 Å². The summed E-state index contributed by atoms with van der Waals surface area (Å²) in [6.07, 6.45) is 8.13. The van der Waals surface area contributed by atoms with Crippen LogP contribution in [0.15, 0.2) is 24.8 Å². The predicted octanol–water partition coefficient (Wildman–Crippen LogP) is 2.97. The van der Waals surface area contributed by atoms with Gasteiger partial charge in [-0.05, 0) is 34.1 Å². The zero-order chi connectivity index (χ0) is 21.4. The summed E-state index contributed by atoms with van der Waals surface area (Å²) in [5.41, 5.74) is -1.55. The number of carbonyl (C=O) groups excluding carboxylic acids is 2. The van der Waals surface area contributed by atoms with E-state index < -0.39 is 17.4 Å². The molecule has 2 rings (SSSR count). The molecule has 0 fully saturated rings. The molecule has 0 aliphatic carbocycles. The van der Waals surface area contributed by atoms with Crippen molar-refractivity contribution < 1.29 is 19.1 Å². The van der Waals surface area contributed by atoms with Crippen LogP contribution in [0.4, 0.5) is 0 Å². The molecule has 0 aliphatic rings. The van der Waals surface area contributed by atoms with Crippen molar-refractivity contribution in [1.82, 2.24) is 19.1 Å². The molecule has 0 spiro atoms. The second kappa shape index (κ2) is 10.2. The van der Waals surface area contributed by atoms with Gasteiger partial charge in [-0.2, -0.15) is 0 Å². The first-order chi connectivity index (χ1) is 13.9. The maximum Gasteiger partial charge on any atom is 0.324 e. The average Bonchev–Trinajstić information content (AvgIpc) is 3.31. The van der Waals surface area contributed by atoms with Crippen LogP contribution in [0.25, 0.3) is 0 Å². The van der Waals surface area contributed by atoms with Crippen LogP contribution in [0.3, 0.4) is 0 Å². The van der Waals surface area contributed by atoms with Crippen LogP contribution in [0, 0.1) is 5.41 Å². The molecule has 0 unspecified atom stereocenters. The highest BCUT2D eigenvalue weighted by Crippen LogP contribution is 2.32. The lowest BCUT2D eigenvalue weighted by Gasteiger charge is -2.29. The molecule has 0 amide bonds. The molecule has 0 radical (unpaired) electrons. The highest BCUT2D eigenvalue weighted by molar-refractivity contribution is 6.00. The minimum atomic E-state index is -1.55. The molecular formula is C21H32N4O4. The zero-order valence-corrected chi connectivity index (χ0v) is 18.1. The van der Waals surface area contributed by atoms with Gasteiger partial charge in [0.1, 0.15) is 11.6 Å². The predicted molar refractivity (Wildman–Crippen MR) is 108 cm³/mol. The van der Waals surface area contributed by atoms with E-state index in [1.165, 1.54) is 0 Å². The molecule has 8 heteroatoms. The molecule has 0 bridgehead atoms. The van der Waals surface area contributed by atoms with Crippen LogP contribution in [0.2, 0.25) is 0 Å². The van der Waals surface area contributed by atoms with E-state index in [-0.39, 0.29) is 32.1 Å². The number of aryl methyl sites for hydroxylation is 1. The fraction of sp³-hybridized carbons (Fsp3) is 0.619. The van der Waals surface area contributed by atoms with Gasteiger partial charge in [-0.25, -0.2) is 9.97 Å². The Hall–Kier alpha value is -2.64. The summed E-state index contributed by atoms with van der Waals surface area (Å²) < 4.78 is 14.6. The molecule has 29 heavy (non-hydrogen) atoms. The first-order valence-corrected chi connectivity index (χ1v) is 10.3. The molecule has 0 aromatic carbocycles. The summed E-state index contributed by atoms with van der Waals surface area (Å²) in [5.74, 6) is 0.0657. The Kier molecular flexibility index (Phi) is 7.99. The van der Waals surface area contributed by atoms with E-state index in [4.69, 9.17) is 9.47 Å². The van der Waals surface area contributed by atoms with Crippen LogP contribution in [-0.2, 0) is 38.4 Å². The van der Waals surface area contributed by atoms with Gasteiger partial charge in [0.15, 0.2) is 5.41 Å². The second-order valence-corrected chi connectivity index (χ2v) is 7.26. The summed E-state index contributed by atoms with van der Waals surface area (Å²) in [6, 6.07) is 0.136. The van der Waals surface area contributed by atoms with Crippen molar-refractivity contribution in [3.05, 3.63) is 36.4 Å². The molecule has 0 aliphatic heterocycles.